The molecule has 106 valence electrons. The van der Waals surface area contributed by atoms with Gasteiger partial charge in [-0.05, 0) is 18.1 Å². The summed E-state index contributed by atoms with van der Waals surface area (Å²) in [5.74, 6) is 0.726. The van der Waals surface area contributed by atoms with E-state index in [0.717, 1.165) is 0 Å². The van der Waals surface area contributed by atoms with Crippen molar-refractivity contribution in [3.05, 3.63) is 28.3 Å². The highest BCUT2D eigenvalue weighted by molar-refractivity contribution is 5.68. The number of methoxy groups -OCH3 is 1. The molecule has 19 heavy (non-hydrogen) atoms. The van der Waals surface area contributed by atoms with Crippen LogP contribution in [-0.2, 0) is 4.74 Å². The number of anilines is 1. The van der Waals surface area contributed by atoms with Crippen molar-refractivity contribution in [1.29, 1.82) is 0 Å². The van der Waals surface area contributed by atoms with E-state index in [4.69, 9.17) is 9.47 Å². The quantitative estimate of drug-likeness (QED) is 0.446. The van der Waals surface area contributed by atoms with E-state index in [-0.39, 0.29) is 11.4 Å². The zero-order valence-corrected chi connectivity index (χ0v) is 11.5. The maximum absolute atomic E-state index is 11.0. The monoisotopic (exact) mass is 268 g/mol. The van der Waals surface area contributed by atoms with Crippen LogP contribution in [-0.4, -0.2) is 31.8 Å². The molecule has 1 N–H and O–H groups in total. The lowest BCUT2D eigenvalue weighted by Crippen LogP contribution is -2.13. The Hall–Kier alpha value is -1.82. The Kier molecular flexibility index (Phi) is 6.08. The first-order valence-corrected chi connectivity index (χ1v) is 6.19. The first-order valence-electron chi connectivity index (χ1n) is 6.19. The molecule has 6 heteroatoms. The van der Waals surface area contributed by atoms with Crippen molar-refractivity contribution in [2.24, 2.45) is 5.92 Å². The summed E-state index contributed by atoms with van der Waals surface area (Å²) < 4.78 is 10.4. The highest BCUT2D eigenvalue weighted by Gasteiger charge is 2.19. The van der Waals surface area contributed by atoms with Gasteiger partial charge in [-0.15, -0.1) is 0 Å². The number of hydrogen-bond donors (Lipinski definition) is 1. The third-order valence-corrected chi connectivity index (χ3v) is 2.41. The second kappa shape index (κ2) is 7.58. The lowest BCUT2D eigenvalue weighted by atomic mass is 10.2. The maximum atomic E-state index is 11.0. The summed E-state index contributed by atoms with van der Waals surface area (Å²) in [5, 5.41) is 14.0. The van der Waals surface area contributed by atoms with Gasteiger partial charge in [0.15, 0.2) is 5.75 Å². The van der Waals surface area contributed by atoms with Crippen molar-refractivity contribution in [3.8, 4) is 5.75 Å². The Labute approximate surface area is 112 Å². The van der Waals surface area contributed by atoms with Gasteiger partial charge < -0.3 is 14.8 Å². The summed E-state index contributed by atoms with van der Waals surface area (Å²) in [6.07, 6.45) is 0. The normalized spacial score (nSPS) is 10.5. The second-order valence-corrected chi connectivity index (χ2v) is 4.51. The minimum Gasteiger partial charge on any atom is -0.490 e. The highest BCUT2D eigenvalue weighted by Crippen LogP contribution is 2.34. The fourth-order valence-corrected chi connectivity index (χ4v) is 1.59. The van der Waals surface area contributed by atoms with Gasteiger partial charge in [-0.1, -0.05) is 19.9 Å². The van der Waals surface area contributed by atoms with E-state index in [2.05, 4.69) is 19.2 Å². The van der Waals surface area contributed by atoms with Gasteiger partial charge in [0.1, 0.15) is 5.69 Å². The molecule has 0 aliphatic rings. The highest BCUT2D eigenvalue weighted by atomic mass is 16.6. The van der Waals surface area contributed by atoms with Crippen molar-refractivity contribution >= 4 is 11.4 Å². The number of para-hydroxylation sites is 1. The summed E-state index contributed by atoms with van der Waals surface area (Å²) in [5.41, 5.74) is 0.395. The van der Waals surface area contributed by atoms with Crippen molar-refractivity contribution in [2.45, 2.75) is 13.8 Å². The number of nitro benzene ring substituents is 1. The summed E-state index contributed by atoms with van der Waals surface area (Å²) in [7, 11) is 1.41. The molecule has 1 aromatic carbocycles. The van der Waals surface area contributed by atoms with Gasteiger partial charge in [-0.3, -0.25) is 10.1 Å². The average Bonchev–Trinajstić information content (AvgIpc) is 2.37. The first kappa shape index (κ1) is 15.2. The van der Waals surface area contributed by atoms with E-state index in [0.29, 0.717) is 31.4 Å². The van der Waals surface area contributed by atoms with Crippen LogP contribution in [0.1, 0.15) is 13.8 Å². The molecule has 1 rings (SSSR count). The third kappa shape index (κ3) is 4.75. The van der Waals surface area contributed by atoms with Gasteiger partial charge in [0.2, 0.25) is 0 Å². The molecule has 0 atom stereocenters. The molecule has 0 aliphatic heterocycles. The summed E-state index contributed by atoms with van der Waals surface area (Å²) in [6, 6.07) is 4.94. The molecule has 0 aromatic heterocycles. The predicted octanol–water partition coefficient (Wildman–Crippen LogP) is 2.69. The molecule has 0 bridgehead atoms. The van der Waals surface area contributed by atoms with Crippen LogP contribution in [0.2, 0.25) is 0 Å². The second-order valence-electron chi connectivity index (χ2n) is 4.51. The van der Waals surface area contributed by atoms with Crippen molar-refractivity contribution in [1.82, 2.24) is 0 Å². The topological polar surface area (TPSA) is 73.6 Å². The van der Waals surface area contributed by atoms with Gasteiger partial charge >= 0.3 is 5.69 Å². The number of hydrogen-bond acceptors (Lipinski definition) is 5. The molecule has 0 saturated carbocycles. The van der Waals surface area contributed by atoms with E-state index in [1.807, 2.05) is 0 Å². The third-order valence-electron chi connectivity index (χ3n) is 2.41. The lowest BCUT2D eigenvalue weighted by Gasteiger charge is -2.10. The van der Waals surface area contributed by atoms with Crippen LogP contribution in [0.4, 0.5) is 11.4 Å². The molecular formula is C13H20N2O4. The van der Waals surface area contributed by atoms with E-state index >= 15 is 0 Å². The molecule has 0 aliphatic carbocycles. The molecule has 0 saturated heterocycles. The Bertz CT molecular complexity index is 421. The van der Waals surface area contributed by atoms with Crippen molar-refractivity contribution < 1.29 is 14.4 Å². The lowest BCUT2D eigenvalue weighted by molar-refractivity contribution is -0.384. The van der Waals surface area contributed by atoms with Crippen LogP contribution >= 0.6 is 0 Å². The van der Waals surface area contributed by atoms with Gasteiger partial charge in [0.05, 0.1) is 18.6 Å². The van der Waals surface area contributed by atoms with E-state index in [1.54, 1.807) is 18.2 Å². The summed E-state index contributed by atoms with van der Waals surface area (Å²) >= 11 is 0. The number of nitrogens with one attached hydrogen (secondary N) is 1. The van der Waals surface area contributed by atoms with Crippen molar-refractivity contribution in [3.63, 3.8) is 0 Å². The average molecular weight is 268 g/mol. The number of rotatable bonds is 8. The number of nitrogens with zero attached hydrogens (tertiary/aromatic N) is 1. The molecule has 0 heterocycles. The van der Waals surface area contributed by atoms with Crippen molar-refractivity contribution in [2.75, 3.05) is 32.2 Å². The van der Waals surface area contributed by atoms with Crippen LogP contribution in [0, 0.1) is 16.0 Å². The maximum Gasteiger partial charge on any atom is 0.333 e. The Morgan fingerprint density at radius 2 is 2.16 bits per heavy atom. The largest absolute Gasteiger partial charge is 0.490 e. The smallest absolute Gasteiger partial charge is 0.333 e. The molecule has 0 spiro atoms. The van der Waals surface area contributed by atoms with E-state index in [9.17, 15) is 10.1 Å². The number of ether oxygens (including phenoxy) is 2. The van der Waals surface area contributed by atoms with Gasteiger partial charge in [-0.25, -0.2) is 0 Å². The van der Waals surface area contributed by atoms with Crippen LogP contribution in [0.25, 0.3) is 0 Å². The van der Waals surface area contributed by atoms with E-state index < -0.39 is 4.92 Å². The van der Waals surface area contributed by atoms with Crippen LogP contribution in [0.3, 0.4) is 0 Å². The van der Waals surface area contributed by atoms with Gasteiger partial charge in [0, 0.05) is 13.2 Å². The molecule has 0 radical (unpaired) electrons. The SMILES string of the molecule is COc1cccc(NCCOCC(C)C)c1[N+](=O)[O-]. The minimum atomic E-state index is -0.448. The molecule has 6 nitrogen and oxygen atoms in total. The molecule has 1 aromatic rings. The van der Waals surface area contributed by atoms with E-state index in [1.165, 1.54) is 7.11 Å². The Morgan fingerprint density at radius 1 is 1.42 bits per heavy atom. The molecule has 0 amide bonds. The Morgan fingerprint density at radius 3 is 2.74 bits per heavy atom. The fourth-order valence-electron chi connectivity index (χ4n) is 1.59. The standard InChI is InChI=1S/C13H20N2O4/c1-10(2)9-19-8-7-14-11-5-4-6-12(18-3)13(11)15(16)17/h4-6,10,14H,7-9H2,1-3H3. The number of benzene rings is 1. The summed E-state index contributed by atoms with van der Waals surface area (Å²) in [4.78, 5) is 10.6. The molecular weight excluding hydrogens is 248 g/mol. The van der Waals surface area contributed by atoms with Gasteiger partial charge in [-0.2, -0.15) is 0 Å². The molecule has 0 fully saturated rings. The van der Waals surface area contributed by atoms with Crippen LogP contribution < -0.4 is 10.1 Å². The zero-order chi connectivity index (χ0) is 14.3. The van der Waals surface area contributed by atoms with Gasteiger partial charge in [0.25, 0.3) is 0 Å². The first-order chi connectivity index (χ1) is 9.06. The minimum absolute atomic E-state index is 0.0474. The zero-order valence-electron chi connectivity index (χ0n) is 11.5. The Balaban J connectivity index is 2.60. The van der Waals surface area contributed by atoms with Crippen LogP contribution in [0.15, 0.2) is 18.2 Å². The number of nitro groups is 1. The predicted molar refractivity (Wildman–Crippen MR) is 73.8 cm³/mol. The molecule has 0 unspecified atom stereocenters. The fraction of sp³-hybridized carbons (Fsp3) is 0.538. The van der Waals surface area contributed by atoms with Crippen LogP contribution in [0.5, 0.6) is 5.75 Å². The summed E-state index contributed by atoms with van der Waals surface area (Å²) in [6.45, 7) is 5.84.